The number of rotatable bonds is 19. The Morgan fingerprint density at radius 3 is 1.88 bits per heavy atom. The van der Waals surface area contributed by atoms with Gasteiger partial charge in [0, 0.05) is 26.1 Å². The molecule has 0 rings (SSSR count). The molecule has 26 heavy (non-hydrogen) atoms. The zero-order valence-corrected chi connectivity index (χ0v) is 17.9. The van der Waals surface area contributed by atoms with Gasteiger partial charge in [0.05, 0.1) is 13.2 Å². The predicted octanol–water partition coefficient (Wildman–Crippen LogP) is 3.96. The normalized spacial score (nSPS) is 11.5. The van der Waals surface area contributed by atoms with E-state index in [1.165, 1.54) is 44.9 Å². The standard InChI is InChI=1S/C21H44N2O3/c1-5-6-7-8-9-10-11-12-13-14-21(24)26-20-17-23(4)16-19-25-18-15-22(2)3/h5-20H2,1-4H3. The summed E-state index contributed by atoms with van der Waals surface area (Å²) in [5, 5.41) is 0. The molecule has 0 heterocycles. The maximum Gasteiger partial charge on any atom is 0.305 e. The zero-order valence-electron chi connectivity index (χ0n) is 17.9. The molecule has 0 spiro atoms. The Hall–Kier alpha value is -0.650. The van der Waals surface area contributed by atoms with E-state index < -0.39 is 0 Å². The van der Waals surface area contributed by atoms with E-state index in [2.05, 4.69) is 16.7 Å². The molecule has 0 aromatic heterocycles. The third-order valence-corrected chi connectivity index (χ3v) is 4.52. The summed E-state index contributed by atoms with van der Waals surface area (Å²) in [4.78, 5) is 16.0. The molecule has 0 amide bonds. The number of hydrogen-bond donors (Lipinski definition) is 0. The van der Waals surface area contributed by atoms with Crippen LogP contribution in [0.15, 0.2) is 0 Å². The molecule has 0 fully saturated rings. The number of carbonyl (C=O) groups is 1. The van der Waals surface area contributed by atoms with Gasteiger partial charge >= 0.3 is 5.97 Å². The van der Waals surface area contributed by atoms with Gasteiger partial charge in [-0.05, 0) is 27.6 Å². The van der Waals surface area contributed by atoms with Crippen LogP contribution >= 0.6 is 0 Å². The lowest BCUT2D eigenvalue weighted by atomic mass is 10.1. The lowest BCUT2D eigenvalue weighted by molar-refractivity contribution is -0.144. The van der Waals surface area contributed by atoms with Gasteiger partial charge in [0.15, 0.2) is 0 Å². The first-order valence-corrected chi connectivity index (χ1v) is 10.6. The first kappa shape index (κ1) is 25.4. The van der Waals surface area contributed by atoms with Crippen LogP contribution in [0.25, 0.3) is 0 Å². The van der Waals surface area contributed by atoms with Crippen molar-refractivity contribution in [3.05, 3.63) is 0 Å². The lowest BCUT2D eigenvalue weighted by Gasteiger charge is -2.17. The van der Waals surface area contributed by atoms with Crippen LogP contribution < -0.4 is 0 Å². The van der Waals surface area contributed by atoms with Gasteiger partial charge < -0.3 is 19.3 Å². The van der Waals surface area contributed by atoms with Crippen molar-refractivity contribution in [1.29, 1.82) is 0 Å². The van der Waals surface area contributed by atoms with Crippen molar-refractivity contribution in [2.24, 2.45) is 0 Å². The fourth-order valence-corrected chi connectivity index (χ4v) is 2.65. The van der Waals surface area contributed by atoms with E-state index in [1.54, 1.807) is 0 Å². The maximum absolute atomic E-state index is 11.7. The van der Waals surface area contributed by atoms with Crippen molar-refractivity contribution >= 4 is 5.97 Å². The van der Waals surface area contributed by atoms with Gasteiger partial charge in [0.1, 0.15) is 6.61 Å². The molecule has 0 radical (unpaired) electrons. The summed E-state index contributed by atoms with van der Waals surface area (Å²) < 4.78 is 10.9. The van der Waals surface area contributed by atoms with Gasteiger partial charge in [-0.1, -0.05) is 58.3 Å². The molecule has 0 saturated carbocycles. The van der Waals surface area contributed by atoms with Crippen molar-refractivity contribution in [1.82, 2.24) is 9.80 Å². The Kier molecular flexibility index (Phi) is 18.6. The summed E-state index contributed by atoms with van der Waals surface area (Å²) in [6, 6.07) is 0. The van der Waals surface area contributed by atoms with Crippen LogP contribution in [0, 0.1) is 0 Å². The predicted molar refractivity (Wildman–Crippen MR) is 110 cm³/mol. The SMILES string of the molecule is CCCCCCCCCCCC(=O)OCCN(C)CCOCCN(C)C. The third kappa shape index (κ3) is 19.7. The highest BCUT2D eigenvalue weighted by Crippen LogP contribution is 2.10. The second-order valence-electron chi connectivity index (χ2n) is 7.52. The van der Waals surface area contributed by atoms with Gasteiger partial charge in [0.25, 0.3) is 0 Å². The van der Waals surface area contributed by atoms with Crippen LogP contribution in [0.1, 0.15) is 71.1 Å². The summed E-state index contributed by atoms with van der Waals surface area (Å²) in [6.07, 6.45) is 12.0. The molecule has 0 aliphatic rings. The Morgan fingerprint density at radius 1 is 0.731 bits per heavy atom. The van der Waals surface area contributed by atoms with Crippen molar-refractivity contribution in [3.8, 4) is 0 Å². The summed E-state index contributed by atoms with van der Waals surface area (Å²) in [6.45, 7) is 6.78. The first-order chi connectivity index (χ1) is 12.6. The number of nitrogens with zero attached hydrogens (tertiary/aromatic N) is 2. The topological polar surface area (TPSA) is 42.0 Å². The molecule has 5 heteroatoms. The fraction of sp³-hybridized carbons (Fsp3) is 0.952. The van der Waals surface area contributed by atoms with Gasteiger partial charge in [-0.25, -0.2) is 0 Å². The number of ether oxygens (including phenoxy) is 2. The minimum absolute atomic E-state index is 0.0522. The number of hydrogen-bond acceptors (Lipinski definition) is 5. The van der Waals surface area contributed by atoms with Crippen LogP contribution in [-0.2, 0) is 14.3 Å². The monoisotopic (exact) mass is 372 g/mol. The number of carbonyl (C=O) groups excluding carboxylic acids is 1. The van der Waals surface area contributed by atoms with Crippen molar-refractivity contribution in [3.63, 3.8) is 0 Å². The Balaban J connectivity index is 3.32. The Morgan fingerprint density at radius 2 is 1.27 bits per heavy atom. The average Bonchev–Trinajstić information content (AvgIpc) is 2.59. The van der Waals surface area contributed by atoms with E-state index >= 15 is 0 Å². The maximum atomic E-state index is 11.7. The minimum atomic E-state index is -0.0522. The Labute approximate surface area is 162 Å². The highest BCUT2D eigenvalue weighted by Gasteiger charge is 2.04. The summed E-state index contributed by atoms with van der Waals surface area (Å²) in [7, 11) is 6.11. The second-order valence-corrected chi connectivity index (χ2v) is 7.52. The molecule has 0 aromatic carbocycles. The number of esters is 1. The largest absolute Gasteiger partial charge is 0.464 e. The average molecular weight is 373 g/mol. The molecular weight excluding hydrogens is 328 g/mol. The zero-order chi connectivity index (χ0) is 19.5. The van der Waals surface area contributed by atoms with E-state index in [0.717, 1.165) is 45.7 Å². The van der Waals surface area contributed by atoms with Crippen molar-refractivity contribution < 1.29 is 14.3 Å². The van der Waals surface area contributed by atoms with Crippen molar-refractivity contribution in [2.45, 2.75) is 71.1 Å². The van der Waals surface area contributed by atoms with E-state index in [9.17, 15) is 4.79 Å². The van der Waals surface area contributed by atoms with E-state index in [0.29, 0.717) is 13.0 Å². The molecule has 0 aliphatic carbocycles. The van der Waals surface area contributed by atoms with Crippen LogP contribution in [0.4, 0.5) is 0 Å². The molecule has 0 atom stereocenters. The van der Waals surface area contributed by atoms with Crippen molar-refractivity contribution in [2.75, 3.05) is 60.6 Å². The molecule has 5 nitrogen and oxygen atoms in total. The summed E-state index contributed by atoms with van der Waals surface area (Å²) in [5.74, 6) is -0.0522. The molecule has 0 saturated heterocycles. The molecule has 0 unspecified atom stereocenters. The number of unbranched alkanes of at least 4 members (excludes halogenated alkanes) is 8. The van der Waals surface area contributed by atoms with Crippen LogP contribution in [0.3, 0.4) is 0 Å². The van der Waals surface area contributed by atoms with Gasteiger partial charge in [-0.3, -0.25) is 4.79 Å². The summed E-state index contributed by atoms with van der Waals surface area (Å²) >= 11 is 0. The molecule has 0 aliphatic heterocycles. The number of likely N-dealkylation sites (N-methyl/N-ethyl adjacent to an activating group) is 2. The highest BCUT2D eigenvalue weighted by atomic mass is 16.5. The smallest absolute Gasteiger partial charge is 0.305 e. The third-order valence-electron chi connectivity index (χ3n) is 4.52. The van der Waals surface area contributed by atoms with E-state index in [4.69, 9.17) is 9.47 Å². The highest BCUT2D eigenvalue weighted by molar-refractivity contribution is 5.69. The second kappa shape index (κ2) is 19.1. The first-order valence-electron chi connectivity index (χ1n) is 10.6. The molecular formula is C21H44N2O3. The van der Waals surface area contributed by atoms with Crippen LogP contribution in [0.5, 0.6) is 0 Å². The van der Waals surface area contributed by atoms with Crippen LogP contribution in [-0.4, -0.2) is 76.4 Å². The molecule has 0 aromatic rings. The van der Waals surface area contributed by atoms with E-state index in [-0.39, 0.29) is 5.97 Å². The van der Waals surface area contributed by atoms with E-state index in [1.807, 2.05) is 21.1 Å². The molecule has 0 bridgehead atoms. The lowest BCUT2D eigenvalue weighted by Crippen LogP contribution is -2.28. The van der Waals surface area contributed by atoms with Crippen LogP contribution in [0.2, 0.25) is 0 Å². The summed E-state index contributed by atoms with van der Waals surface area (Å²) in [5.41, 5.74) is 0. The van der Waals surface area contributed by atoms with Gasteiger partial charge in [-0.15, -0.1) is 0 Å². The molecule has 156 valence electrons. The van der Waals surface area contributed by atoms with Gasteiger partial charge in [0.2, 0.25) is 0 Å². The quantitative estimate of drug-likeness (QED) is 0.254. The molecule has 0 N–H and O–H groups in total. The Bertz CT molecular complexity index is 312. The minimum Gasteiger partial charge on any atom is -0.464 e. The fourth-order valence-electron chi connectivity index (χ4n) is 2.65. The van der Waals surface area contributed by atoms with Gasteiger partial charge in [-0.2, -0.15) is 0 Å².